The van der Waals surface area contributed by atoms with Crippen molar-refractivity contribution in [3.05, 3.63) is 52.9 Å². The maximum absolute atomic E-state index is 13.4. The third-order valence-corrected chi connectivity index (χ3v) is 11.0. The van der Waals surface area contributed by atoms with Crippen LogP contribution in [-0.4, -0.2) is 37.0 Å². The average molecular weight is 576 g/mol. The van der Waals surface area contributed by atoms with Crippen molar-refractivity contribution < 1.29 is 23.5 Å². The van der Waals surface area contributed by atoms with Crippen LogP contribution in [0.5, 0.6) is 0 Å². The van der Waals surface area contributed by atoms with Gasteiger partial charge in [-0.1, -0.05) is 37.6 Å². The summed E-state index contributed by atoms with van der Waals surface area (Å²) in [5.41, 5.74) is 1.94. The highest BCUT2D eigenvalue weighted by molar-refractivity contribution is 6.01. The van der Waals surface area contributed by atoms with Crippen LogP contribution in [0, 0.1) is 51.6 Å². The Labute approximate surface area is 248 Å². The summed E-state index contributed by atoms with van der Waals surface area (Å²) in [5.74, 6) is 1.38. The number of rotatable bonds is 7. The van der Waals surface area contributed by atoms with Crippen LogP contribution in [0.4, 0.5) is 9.18 Å². The maximum Gasteiger partial charge on any atom is 0.407 e. The SMILES string of the molecule is CC(=O)[C@H]1CC[C@H]2[C@@H]3CC=C4C[C@@H](OC(=O)NCCNC(=O)/C(C#N)=C/c5cccc(F)c5)CC[C@]4(C)[C@H]3CC[C@]12C. The zero-order chi connectivity index (χ0) is 30.1. The minimum absolute atomic E-state index is 0.122. The lowest BCUT2D eigenvalue weighted by Gasteiger charge is -2.58. The molecule has 2 amide bonds. The number of fused-ring (bicyclic) bond motifs is 5. The van der Waals surface area contributed by atoms with Gasteiger partial charge in [-0.15, -0.1) is 0 Å². The van der Waals surface area contributed by atoms with Crippen LogP contribution in [0.3, 0.4) is 0 Å². The second-order valence-corrected chi connectivity index (χ2v) is 13.2. The molecule has 0 aliphatic heterocycles. The summed E-state index contributed by atoms with van der Waals surface area (Å²) in [6.45, 7) is 6.83. The Balaban J connectivity index is 1.10. The molecular weight excluding hydrogens is 533 g/mol. The van der Waals surface area contributed by atoms with E-state index in [1.165, 1.54) is 29.8 Å². The van der Waals surface area contributed by atoms with E-state index in [0.717, 1.165) is 51.4 Å². The first-order valence-corrected chi connectivity index (χ1v) is 15.3. The standard InChI is InChI=1S/C34H42FN3O4/c1-21(39)28-9-10-29-27-8-7-24-19-26(11-13-33(24,2)30(27)12-14-34(28,29)3)42-32(41)38-16-15-37-31(40)23(20-36)17-22-5-4-6-25(35)18-22/h4-7,17-18,26-30H,8-16,19H2,1-3H3,(H,37,40)(H,38,41)/b23-17+/t26-,27-,28+,29-,30-,33-,34+/m0/s1. The predicted molar refractivity (Wildman–Crippen MR) is 157 cm³/mol. The lowest BCUT2D eigenvalue weighted by molar-refractivity contribution is -0.127. The molecule has 8 heteroatoms. The number of hydrogen-bond acceptors (Lipinski definition) is 5. The van der Waals surface area contributed by atoms with E-state index in [9.17, 15) is 24.0 Å². The average Bonchev–Trinajstić information content (AvgIpc) is 3.32. The number of amides is 2. The Morgan fingerprint density at radius 3 is 2.62 bits per heavy atom. The number of carbonyl (C=O) groups is 3. The van der Waals surface area contributed by atoms with E-state index in [1.807, 2.05) is 6.07 Å². The molecule has 0 radical (unpaired) electrons. The van der Waals surface area contributed by atoms with Gasteiger partial charge < -0.3 is 15.4 Å². The van der Waals surface area contributed by atoms with Crippen LogP contribution in [0.1, 0.15) is 77.7 Å². The summed E-state index contributed by atoms with van der Waals surface area (Å²) >= 11 is 0. The molecule has 5 rings (SSSR count). The molecule has 0 aromatic heterocycles. The molecule has 4 aliphatic rings. The lowest BCUT2D eigenvalue weighted by atomic mass is 9.47. The van der Waals surface area contributed by atoms with Crippen molar-refractivity contribution in [2.45, 2.75) is 78.2 Å². The van der Waals surface area contributed by atoms with Crippen LogP contribution >= 0.6 is 0 Å². The molecule has 0 bridgehead atoms. The highest BCUT2D eigenvalue weighted by Gasteiger charge is 2.59. The van der Waals surface area contributed by atoms with Crippen LogP contribution in [0.15, 0.2) is 41.5 Å². The zero-order valence-corrected chi connectivity index (χ0v) is 24.9. The van der Waals surface area contributed by atoms with Crippen LogP contribution in [0.2, 0.25) is 0 Å². The van der Waals surface area contributed by atoms with Crippen molar-refractivity contribution >= 4 is 23.9 Å². The number of ketones is 1. The normalized spacial score (nSPS) is 33.6. The fourth-order valence-corrected chi connectivity index (χ4v) is 8.94. The minimum Gasteiger partial charge on any atom is -0.446 e. The third-order valence-electron chi connectivity index (χ3n) is 11.0. The van der Waals surface area contributed by atoms with Crippen molar-refractivity contribution in [1.29, 1.82) is 5.26 Å². The molecule has 0 saturated heterocycles. The Morgan fingerprint density at radius 2 is 1.88 bits per heavy atom. The second kappa shape index (κ2) is 12.0. The Morgan fingerprint density at radius 1 is 1.10 bits per heavy atom. The highest BCUT2D eigenvalue weighted by Crippen LogP contribution is 2.66. The molecule has 3 fully saturated rings. The number of nitrogens with zero attached hydrogens (tertiary/aromatic N) is 1. The predicted octanol–water partition coefficient (Wildman–Crippen LogP) is 6.11. The molecule has 2 N–H and O–H groups in total. The number of carbonyl (C=O) groups excluding carboxylic acids is 3. The van der Waals surface area contributed by atoms with Crippen molar-refractivity contribution in [1.82, 2.24) is 10.6 Å². The van der Waals surface area contributed by atoms with Crippen LogP contribution in [0.25, 0.3) is 6.08 Å². The smallest absolute Gasteiger partial charge is 0.407 e. The number of Topliss-reactive ketones (excluding diaryl/α,β-unsaturated/α-hetero) is 1. The molecule has 4 aliphatic carbocycles. The van der Waals surface area contributed by atoms with Crippen molar-refractivity contribution in [3.8, 4) is 6.07 Å². The summed E-state index contributed by atoms with van der Waals surface area (Å²) in [5, 5.41) is 14.6. The van der Waals surface area contributed by atoms with E-state index in [1.54, 1.807) is 13.0 Å². The van der Waals surface area contributed by atoms with Gasteiger partial charge in [-0.05, 0) is 104 Å². The largest absolute Gasteiger partial charge is 0.446 e. The quantitative estimate of drug-likeness (QED) is 0.176. The highest BCUT2D eigenvalue weighted by atomic mass is 19.1. The number of benzene rings is 1. The summed E-state index contributed by atoms with van der Waals surface area (Å²) < 4.78 is 19.2. The van der Waals surface area contributed by atoms with Gasteiger partial charge in [0.1, 0.15) is 29.3 Å². The summed E-state index contributed by atoms with van der Waals surface area (Å²) in [4.78, 5) is 37.3. The molecule has 3 saturated carbocycles. The molecule has 224 valence electrons. The first-order chi connectivity index (χ1) is 20.0. The number of hydrogen-bond donors (Lipinski definition) is 2. The van der Waals surface area contributed by atoms with Gasteiger partial charge in [0, 0.05) is 25.4 Å². The number of halogens is 1. The fourth-order valence-electron chi connectivity index (χ4n) is 8.94. The molecule has 1 aromatic carbocycles. The van der Waals surface area contributed by atoms with E-state index >= 15 is 0 Å². The molecule has 7 atom stereocenters. The topological polar surface area (TPSA) is 108 Å². The number of alkyl carbamates (subject to hydrolysis) is 1. The molecule has 42 heavy (non-hydrogen) atoms. The van der Waals surface area contributed by atoms with Crippen molar-refractivity contribution in [2.24, 2.45) is 34.5 Å². The first kappa shape index (κ1) is 30.0. The van der Waals surface area contributed by atoms with Gasteiger partial charge in [-0.25, -0.2) is 9.18 Å². The molecular formula is C34H42FN3O4. The summed E-state index contributed by atoms with van der Waals surface area (Å²) in [7, 11) is 0. The van der Waals surface area contributed by atoms with Gasteiger partial charge in [0.15, 0.2) is 0 Å². The van der Waals surface area contributed by atoms with E-state index in [2.05, 4.69) is 30.6 Å². The van der Waals surface area contributed by atoms with Gasteiger partial charge in [-0.3, -0.25) is 9.59 Å². The van der Waals surface area contributed by atoms with Crippen molar-refractivity contribution in [2.75, 3.05) is 13.1 Å². The van der Waals surface area contributed by atoms with Gasteiger partial charge in [0.05, 0.1) is 0 Å². The van der Waals surface area contributed by atoms with Gasteiger partial charge >= 0.3 is 6.09 Å². The van der Waals surface area contributed by atoms with E-state index in [4.69, 9.17) is 4.74 Å². The lowest BCUT2D eigenvalue weighted by Crippen LogP contribution is -2.51. The van der Waals surface area contributed by atoms with E-state index < -0.39 is 17.8 Å². The summed E-state index contributed by atoms with van der Waals surface area (Å²) in [6.07, 6.45) is 11.1. The van der Waals surface area contributed by atoms with Crippen molar-refractivity contribution in [3.63, 3.8) is 0 Å². The molecule has 0 unspecified atom stereocenters. The Kier molecular flexibility index (Phi) is 8.59. The van der Waals surface area contributed by atoms with Gasteiger partial charge in [0.25, 0.3) is 5.91 Å². The molecule has 0 spiro atoms. The van der Waals surface area contributed by atoms with Crippen LogP contribution < -0.4 is 10.6 Å². The molecule has 0 heterocycles. The minimum atomic E-state index is -0.594. The van der Waals surface area contributed by atoms with E-state index in [0.29, 0.717) is 29.1 Å². The number of nitriles is 1. The molecule has 7 nitrogen and oxygen atoms in total. The maximum atomic E-state index is 13.4. The third kappa shape index (κ3) is 5.75. The second-order valence-electron chi connectivity index (χ2n) is 13.2. The van der Waals surface area contributed by atoms with Gasteiger partial charge in [-0.2, -0.15) is 5.26 Å². The summed E-state index contributed by atoms with van der Waals surface area (Å²) in [6, 6.07) is 7.46. The monoisotopic (exact) mass is 575 g/mol. The zero-order valence-electron chi connectivity index (χ0n) is 24.9. The fraction of sp³-hybridized carbons (Fsp3) is 0.588. The Bertz CT molecular complexity index is 1350. The number of ether oxygens (including phenoxy) is 1. The number of nitrogens with one attached hydrogen (secondary N) is 2. The van der Waals surface area contributed by atoms with E-state index in [-0.39, 0.29) is 41.5 Å². The first-order valence-electron chi connectivity index (χ1n) is 15.3. The van der Waals surface area contributed by atoms with Crippen LogP contribution in [-0.2, 0) is 14.3 Å². The van der Waals surface area contributed by atoms with Gasteiger partial charge in [0.2, 0.25) is 0 Å². The molecule has 1 aromatic rings. The Hall–Kier alpha value is -3.47. The number of allylic oxidation sites excluding steroid dienone is 1.